The van der Waals surface area contributed by atoms with Crippen molar-refractivity contribution in [2.45, 2.75) is 4.90 Å². The van der Waals surface area contributed by atoms with Gasteiger partial charge in [-0.1, -0.05) is 0 Å². The minimum atomic E-state index is -1.34. The molecule has 0 spiro atoms. The number of carbonyl (C=O) groups is 2. The van der Waals surface area contributed by atoms with Crippen LogP contribution in [-0.4, -0.2) is 22.7 Å². The number of carbonyl (C=O) groups excluding carboxylic acids is 1. The first-order valence-corrected chi connectivity index (χ1v) is 4.93. The van der Waals surface area contributed by atoms with E-state index < -0.39 is 23.3 Å². The zero-order valence-corrected chi connectivity index (χ0v) is 8.38. The van der Waals surface area contributed by atoms with Gasteiger partial charge in [-0.15, -0.1) is 11.8 Å². The number of benzene rings is 1. The van der Waals surface area contributed by atoms with Gasteiger partial charge in [-0.25, -0.2) is 9.18 Å². The lowest BCUT2D eigenvalue weighted by molar-refractivity contribution is -0.115. The fourth-order valence-electron chi connectivity index (χ4n) is 0.913. The predicted molar refractivity (Wildman–Crippen MR) is 53.3 cm³/mol. The zero-order valence-electron chi connectivity index (χ0n) is 7.57. The second kappa shape index (κ2) is 4.79. The summed E-state index contributed by atoms with van der Waals surface area (Å²) in [6, 6.07) is 3.62. The number of hydrogen-bond donors (Lipinski definition) is 2. The second-order valence-corrected chi connectivity index (χ2v) is 3.75. The number of amides is 1. The van der Waals surface area contributed by atoms with E-state index in [1.165, 1.54) is 12.1 Å². The molecular formula is C9H8FNO3S. The van der Waals surface area contributed by atoms with E-state index in [-0.39, 0.29) is 5.75 Å². The molecule has 0 aliphatic heterocycles. The molecule has 0 aliphatic rings. The Morgan fingerprint density at radius 1 is 1.47 bits per heavy atom. The Morgan fingerprint density at radius 3 is 2.67 bits per heavy atom. The van der Waals surface area contributed by atoms with Crippen LogP contribution < -0.4 is 5.73 Å². The largest absolute Gasteiger partial charge is 0.478 e. The molecule has 0 radical (unpaired) electrons. The summed E-state index contributed by atoms with van der Waals surface area (Å²) in [5.41, 5.74) is 4.51. The standard InChI is InChI=1S/C9H8FNO3S/c10-7-2-1-5(15-4-8(11)12)3-6(7)9(13)14/h1-3H,4H2,(H2,11,12)(H,13,14). The molecule has 1 aromatic carbocycles. The average molecular weight is 229 g/mol. The van der Waals surface area contributed by atoms with Gasteiger partial charge in [0.1, 0.15) is 5.82 Å². The minimum Gasteiger partial charge on any atom is -0.478 e. The molecule has 1 rings (SSSR count). The van der Waals surface area contributed by atoms with Crippen molar-refractivity contribution in [1.82, 2.24) is 0 Å². The highest BCUT2D eigenvalue weighted by atomic mass is 32.2. The maximum absolute atomic E-state index is 12.9. The number of thioether (sulfide) groups is 1. The maximum Gasteiger partial charge on any atom is 0.338 e. The summed E-state index contributed by atoms with van der Waals surface area (Å²) in [7, 11) is 0. The molecule has 15 heavy (non-hydrogen) atoms. The summed E-state index contributed by atoms with van der Waals surface area (Å²) in [6.07, 6.45) is 0. The lowest BCUT2D eigenvalue weighted by Gasteiger charge is -2.01. The normalized spacial score (nSPS) is 9.93. The van der Waals surface area contributed by atoms with Crippen LogP contribution in [0.5, 0.6) is 0 Å². The van der Waals surface area contributed by atoms with Crippen molar-refractivity contribution in [2.75, 3.05) is 5.75 Å². The molecule has 0 aliphatic carbocycles. The highest BCUT2D eigenvalue weighted by molar-refractivity contribution is 8.00. The first kappa shape index (κ1) is 11.5. The van der Waals surface area contributed by atoms with Crippen molar-refractivity contribution in [2.24, 2.45) is 5.73 Å². The van der Waals surface area contributed by atoms with Gasteiger partial charge in [-0.2, -0.15) is 0 Å². The van der Waals surface area contributed by atoms with E-state index in [9.17, 15) is 14.0 Å². The molecule has 3 N–H and O–H groups in total. The first-order chi connectivity index (χ1) is 7.00. The van der Waals surface area contributed by atoms with Gasteiger partial charge in [0, 0.05) is 4.90 Å². The smallest absolute Gasteiger partial charge is 0.338 e. The Kier molecular flexibility index (Phi) is 3.68. The zero-order chi connectivity index (χ0) is 11.4. The van der Waals surface area contributed by atoms with Crippen molar-refractivity contribution in [1.29, 1.82) is 0 Å². The number of nitrogens with two attached hydrogens (primary N) is 1. The van der Waals surface area contributed by atoms with Crippen LogP contribution in [0, 0.1) is 5.82 Å². The number of halogens is 1. The summed E-state index contributed by atoms with van der Waals surface area (Å²) in [4.78, 5) is 21.5. The van der Waals surface area contributed by atoms with E-state index in [1.54, 1.807) is 0 Å². The van der Waals surface area contributed by atoms with Crippen LogP contribution in [0.25, 0.3) is 0 Å². The third kappa shape index (κ3) is 3.25. The number of primary amides is 1. The van der Waals surface area contributed by atoms with Gasteiger partial charge in [0.25, 0.3) is 0 Å². The number of hydrogen-bond acceptors (Lipinski definition) is 3. The highest BCUT2D eigenvalue weighted by Gasteiger charge is 2.11. The third-order valence-corrected chi connectivity index (χ3v) is 2.57. The second-order valence-electron chi connectivity index (χ2n) is 2.70. The molecule has 6 heteroatoms. The van der Waals surface area contributed by atoms with Crippen molar-refractivity contribution < 1.29 is 19.1 Å². The Bertz CT molecular complexity index is 408. The SMILES string of the molecule is NC(=O)CSc1ccc(F)c(C(=O)O)c1. The molecule has 0 bridgehead atoms. The van der Waals surface area contributed by atoms with E-state index in [4.69, 9.17) is 10.8 Å². The van der Waals surface area contributed by atoms with Gasteiger partial charge in [0.2, 0.25) is 5.91 Å². The quantitative estimate of drug-likeness (QED) is 0.757. The Hall–Kier alpha value is -1.56. The van der Waals surface area contributed by atoms with Crippen LogP contribution in [-0.2, 0) is 4.79 Å². The number of carboxylic acids is 1. The number of rotatable bonds is 4. The Balaban J connectivity index is 2.87. The van der Waals surface area contributed by atoms with Gasteiger partial charge in [-0.3, -0.25) is 4.79 Å². The topological polar surface area (TPSA) is 80.4 Å². The molecular weight excluding hydrogens is 221 g/mol. The number of aromatic carboxylic acids is 1. The summed E-state index contributed by atoms with van der Waals surface area (Å²) in [5, 5.41) is 8.63. The predicted octanol–water partition coefficient (Wildman–Crippen LogP) is 1.10. The maximum atomic E-state index is 12.9. The highest BCUT2D eigenvalue weighted by Crippen LogP contribution is 2.20. The molecule has 4 nitrogen and oxygen atoms in total. The summed E-state index contributed by atoms with van der Waals surface area (Å²) in [6.45, 7) is 0. The first-order valence-electron chi connectivity index (χ1n) is 3.94. The van der Waals surface area contributed by atoms with Crippen molar-refractivity contribution in [3.63, 3.8) is 0 Å². The third-order valence-electron chi connectivity index (χ3n) is 1.55. The molecule has 1 amide bonds. The summed E-state index contributed by atoms with van der Waals surface area (Å²) >= 11 is 1.06. The molecule has 80 valence electrons. The van der Waals surface area contributed by atoms with E-state index in [1.807, 2.05) is 0 Å². The molecule has 0 saturated heterocycles. The monoisotopic (exact) mass is 229 g/mol. The van der Waals surface area contributed by atoms with Crippen LogP contribution >= 0.6 is 11.8 Å². The Morgan fingerprint density at radius 2 is 2.13 bits per heavy atom. The number of carboxylic acid groups (broad SMARTS) is 1. The van der Waals surface area contributed by atoms with E-state index in [0.717, 1.165) is 17.8 Å². The van der Waals surface area contributed by atoms with Gasteiger partial charge in [0.15, 0.2) is 0 Å². The van der Waals surface area contributed by atoms with Crippen molar-refractivity contribution in [3.05, 3.63) is 29.6 Å². The van der Waals surface area contributed by atoms with Gasteiger partial charge < -0.3 is 10.8 Å². The van der Waals surface area contributed by atoms with Crippen molar-refractivity contribution in [3.8, 4) is 0 Å². The van der Waals surface area contributed by atoms with Crippen LogP contribution in [0.4, 0.5) is 4.39 Å². The van der Waals surface area contributed by atoms with Gasteiger partial charge in [-0.05, 0) is 18.2 Å². The molecule has 0 unspecified atom stereocenters. The molecule has 0 saturated carbocycles. The van der Waals surface area contributed by atoms with Crippen LogP contribution in [0.2, 0.25) is 0 Å². The van der Waals surface area contributed by atoms with Crippen molar-refractivity contribution >= 4 is 23.6 Å². The van der Waals surface area contributed by atoms with Crippen LogP contribution in [0.15, 0.2) is 23.1 Å². The van der Waals surface area contributed by atoms with Gasteiger partial charge >= 0.3 is 5.97 Å². The molecule has 1 aromatic rings. The molecule has 0 atom stereocenters. The van der Waals surface area contributed by atoms with E-state index in [2.05, 4.69) is 0 Å². The molecule has 0 aromatic heterocycles. The van der Waals surface area contributed by atoms with Gasteiger partial charge in [0.05, 0.1) is 11.3 Å². The van der Waals surface area contributed by atoms with Crippen LogP contribution in [0.3, 0.4) is 0 Å². The fraction of sp³-hybridized carbons (Fsp3) is 0.111. The molecule has 0 heterocycles. The Labute approximate surface area is 89.3 Å². The summed E-state index contributed by atoms with van der Waals surface area (Å²) in [5.74, 6) is -2.62. The lowest BCUT2D eigenvalue weighted by Crippen LogP contribution is -2.13. The average Bonchev–Trinajstić information content (AvgIpc) is 2.16. The lowest BCUT2D eigenvalue weighted by atomic mass is 10.2. The minimum absolute atomic E-state index is 0.0324. The fourth-order valence-corrected chi connectivity index (χ4v) is 1.59. The van der Waals surface area contributed by atoms with E-state index in [0.29, 0.717) is 4.90 Å². The van der Waals surface area contributed by atoms with Crippen LogP contribution in [0.1, 0.15) is 10.4 Å². The van der Waals surface area contributed by atoms with E-state index >= 15 is 0 Å². The summed E-state index contributed by atoms with van der Waals surface area (Å²) < 4.78 is 12.9. The molecule has 0 fully saturated rings.